The number of aryl methyl sites for hydroxylation is 1. The van der Waals surface area contributed by atoms with E-state index < -0.39 is 11.6 Å². The van der Waals surface area contributed by atoms with E-state index in [9.17, 15) is 19.2 Å². The number of hydrogen-bond acceptors (Lipinski definition) is 10. The summed E-state index contributed by atoms with van der Waals surface area (Å²) in [6, 6.07) is 21.9. The highest BCUT2D eigenvalue weighted by atomic mass is 19.1. The summed E-state index contributed by atoms with van der Waals surface area (Å²) in [5, 5.41) is 8.30. The van der Waals surface area contributed by atoms with E-state index in [4.69, 9.17) is 18.3 Å². The maximum atomic E-state index is 16.3. The highest BCUT2D eigenvalue weighted by Crippen LogP contribution is 2.45. The van der Waals surface area contributed by atoms with Gasteiger partial charge in [-0.1, -0.05) is 72.8 Å². The first-order chi connectivity index (χ1) is 37.9. The fraction of sp³-hybridized carbons (Fsp3) is 0.344. The average molecular weight is 1060 g/mol. The van der Waals surface area contributed by atoms with Crippen LogP contribution in [0.25, 0.3) is 55.3 Å². The van der Waals surface area contributed by atoms with E-state index in [0.29, 0.717) is 145 Å². The Morgan fingerprint density at radius 3 is 1.64 bits per heavy atom. The minimum atomic E-state index is -0.437. The molecular weight excluding hydrogens is 997 g/mol. The van der Waals surface area contributed by atoms with Crippen molar-refractivity contribution in [3.05, 3.63) is 132 Å². The number of piperidine rings is 1. The van der Waals surface area contributed by atoms with Crippen molar-refractivity contribution in [3.63, 3.8) is 0 Å². The predicted octanol–water partition coefficient (Wildman–Crippen LogP) is 11.4. The van der Waals surface area contributed by atoms with E-state index in [2.05, 4.69) is 29.4 Å². The maximum absolute atomic E-state index is 16.3. The number of furan rings is 2. The van der Waals surface area contributed by atoms with Crippen LogP contribution in [0.15, 0.2) is 118 Å². The number of carbonyl (C=O) groups excluding carboxylic acids is 4. The van der Waals surface area contributed by atoms with Crippen LogP contribution in [0.1, 0.15) is 82.3 Å². The average Bonchev–Trinajstić information content (AvgIpc) is 4.18. The Hall–Kier alpha value is -8.34. The molecule has 7 heterocycles. The highest BCUT2D eigenvalue weighted by molar-refractivity contribution is 6.03. The van der Waals surface area contributed by atoms with Gasteiger partial charge in [0.1, 0.15) is 34.3 Å². The summed E-state index contributed by atoms with van der Waals surface area (Å²) in [6.07, 6.45) is 17.7. The van der Waals surface area contributed by atoms with Crippen LogP contribution in [0, 0.1) is 17.0 Å². The first kappa shape index (κ1) is 51.8. The molecule has 2 fully saturated rings. The lowest BCUT2D eigenvalue weighted by atomic mass is 9.93. The Labute approximate surface area is 450 Å². The van der Waals surface area contributed by atoms with Crippen LogP contribution in [0.5, 0.6) is 11.5 Å². The van der Waals surface area contributed by atoms with Crippen molar-refractivity contribution < 1.29 is 46.3 Å². The summed E-state index contributed by atoms with van der Waals surface area (Å²) in [4.78, 5) is 57.9. The van der Waals surface area contributed by atoms with Crippen LogP contribution in [-0.2, 0) is 25.7 Å². The van der Waals surface area contributed by atoms with Crippen LogP contribution >= 0.6 is 0 Å². The van der Waals surface area contributed by atoms with Crippen molar-refractivity contribution in [1.29, 1.82) is 0 Å². The molecule has 4 aliphatic heterocycles. The van der Waals surface area contributed by atoms with E-state index in [-0.39, 0.29) is 35.5 Å². The molecule has 5 aliphatic rings. The number of hydrogen-bond donors (Lipinski definition) is 0. The topological polar surface area (TPSA) is 157 Å². The number of allylic oxidation sites excluding steroid dienone is 2. The molecule has 12 rings (SSSR count). The van der Waals surface area contributed by atoms with Gasteiger partial charge in [-0.05, 0) is 73.9 Å². The lowest BCUT2D eigenvalue weighted by Gasteiger charge is -2.28. The number of anilines is 2. The molecule has 78 heavy (non-hydrogen) atoms. The quantitative estimate of drug-likeness (QED) is 0.0960. The van der Waals surface area contributed by atoms with E-state index in [1.807, 2.05) is 65.6 Å². The molecule has 15 nitrogen and oxygen atoms in total. The molecule has 0 unspecified atom stereocenters. The van der Waals surface area contributed by atoms with Gasteiger partial charge >= 0.3 is 0 Å². The van der Waals surface area contributed by atoms with Crippen LogP contribution in [0.2, 0.25) is 0 Å². The first-order valence-corrected chi connectivity index (χ1v) is 26.8. The number of ether oxygens (including phenoxy) is 2. The molecule has 0 atom stereocenters. The third kappa shape index (κ3) is 10.4. The van der Waals surface area contributed by atoms with Crippen molar-refractivity contribution in [2.45, 2.75) is 77.7 Å². The van der Waals surface area contributed by atoms with Gasteiger partial charge in [-0.2, -0.15) is 0 Å². The Morgan fingerprint density at radius 1 is 0.641 bits per heavy atom. The zero-order valence-corrected chi connectivity index (χ0v) is 44.1. The molecule has 402 valence electrons. The summed E-state index contributed by atoms with van der Waals surface area (Å²) < 4.78 is 57.8. The minimum absolute atomic E-state index is 0.0146. The number of para-hydroxylation sites is 2. The van der Waals surface area contributed by atoms with Gasteiger partial charge < -0.3 is 28.1 Å². The van der Waals surface area contributed by atoms with E-state index in [0.717, 1.165) is 48.0 Å². The number of fused-ring (bicyclic) bond motifs is 2. The summed E-state index contributed by atoms with van der Waals surface area (Å²) in [5.41, 5.74) is 6.01. The Kier molecular flexibility index (Phi) is 14.6. The van der Waals surface area contributed by atoms with Gasteiger partial charge in [0.15, 0.2) is 0 Å². The number of halogens is 2. The Bertz CT molecular complexity index is 3550. The molecule has 0 spiro atoms. The van der Waals surface area contributed by atoms with Crippen LogP contribution in [0.4, 0.5) is 20.5 Å². The number of benzene rings is 4. The number of rotatable bonds is 14. The number of amides is 4. The zero-order valence-electron chi connectivity index (χ0n) is 44.1. The molecule has 0 saturated carbocycles. The normalized spacial score (nSPS) is 17.1. The predicted molar refractivity (Wildman–Crippen MR) is 294 cm³/mol. The highest BCUT2D eigenvalue weighted by Gasteiger charge is 2.33. The fourth-order valence-corrected chi connectivity index (χ4v) is 11.0. The molecule has 0 N–H and O–H groups in total. The third-order valence-electron chi connectivity index (χ3n) is 15.5. The molecule has 3 aromatic heterocycles. The Balaban J connectivity index is 0.000000165. The largest absolute Gasteiger partial charge is 0.496 e. The molecule has 0 bridgehead atoms. The second-order valence-electron chi connectivity index (χ2n) is 20.7. The van der Waals surface area contributed by atoms with Crippen LogP contribution in [-0.4, -0.2) is 102 Å². The monoisotopic (exact) mass is 1060 g/mol. The third-order valence-corrected chi connectivity index (χ3v) is 15.5. The van der Waals surface area contributed by atoms with Crippen molar-refractivity contribution in [2.75, 3.05) is 63.3 Å². The molecule has 0 radical (unpaired) electrons. The van der Waals surface area contributed by atoms with Gasteiger partial charge in [-0.15, -0.1) is 5.10 Å². The van der Waals surface area contributed by atoms with Crippen molar-refractivity contribution in [1.82, 2.24) is 24.8 Å². The summed E-state index contributed by atoms with van der Waals surface area (Å²) in [6.45, 7) is 5.48. The molecule has 17 heteroatoms. The summed E-state index contributed by atoms with van der Waals surface area (Å²) in [7, 11) is 3.19. The number of aromatic nitrogens is 3. The summed E-state index contributed by atoms with van der Waals surface area (Å²) in [5.74, 6) is 1.13. The van der Waals surface area contributed by atoms with E-state index in [1.54, 1.807) is 70.3 Å². The first-order valence-electron chi connectivity index (χ1n) is 26.8. The number of nitrogens with zero attached hydrogens (tertiary/aromatic N) is 7. The standard InChI is InChI=1S/C32H33FN2O4.C29H28FN5O4/c1-32(14-15-32)13-12-27(36)34-16-7-8-21(20-34)23-18-24(22-9-3-4-10-26(22)38-2)31-25(30(23)33)19-29(39-31)35-17-6-5-11-28(35)37;1-38-24-8-3-2-7-20(24)22-16-21(28(30)23-17-27(39-29(22)23)35-13-5-9-26(35)37)19-6-4-12-33(18-19)25(36)10-14-34-15-11-31-32-34/h3-4,8-10,14-15,18-19H,5-7,11-13,16-17,20H2,1-2H3;2-3,6-8,11,15-17H,4-5,9-10,12-14,18H2,1H3. The second-order valence-corrected chi connectivity index (χ2v) is 20.7. The number of carbonyl (C=O) groups is 4. The maximum Gasteiger partial charge on any atom is 0.229 e. The van der Waals surface area contributed by atoms with Gasteiger partial charge in [0.2, 0.25) is 35.4 Å². The van der Waals surface area contributed by atoms with Crippen LogP contribution < -0.4 is 19.3 Å². The van der Waals surface area contributed by atoms with Gasteiger partial charge in [-0.3, -0.25) is 33.7 Å². The van der Waals surface area contributed by atoms with Crippen molar-refractivity contribution >= 4 is 68.5 Å². The van der Waals surface area contributed by atoms with Gasteiger partial charge in [0.25, 0.3) is 0 Å². The van der Waals surface area contributed by atoms with E-state index in [1.165, 1.54) is 0 Å². The second kappa shape index (κ2) is 22.0. The smallest absolute Gasteiger partial charge is 0.229 e. The molecule has 4 aromatic carbocycles. The molecule has 2 saturated heterocycles. The molecular formula is C61H61F2N7O8. The SMILES string of the molecule is COc1ccccc1-c1cc(C2=CCCN(C(=O)CCC3(C)C=C3)C2)c(F)c2cc(N3CCCCC3=O)oc12.COc1ccccc1-c1cc(C2=CCCN(C(=O)CCn3ccnn3)C2)c(F)c2cc(N3CCCC3=O)oc12. The Morgan fingerprint density at radius 2 is 1.15 bits per heavy atom. The lowest BCUT2D eigenvalue weighted by molar-refractivity contribution is -0.131. The fourth-order valence-electron chi connectivity index (χ4n) is 11.0. The summed E-state index contributed by atoms with van der Waals surface area (Å²) >= 11 is 0. The molecule has 1 aliphatic carbocycles. The lowest BCUT2D eigenvalue weighted by Crippen LogP contribution is -2.36. The minimum Gasteiger partial charge on any atom is -0.496 e. The van der Waals surface area contributed by atoms with Gasteiger partial charge in [-0.25, -0.2) is 8.78 Å². The van der Waals surface area contributed by atoms with Gasteiger partial charge in [0.05, 0.1) is 37.7 Å². The van der Waals surface area contributed by atoms with Crippen molar-refractivity contribution in [3.8, 4) is 33.8 Å². The van der Waals surface area contributed by atoms with Crippen molar-refractivity contribution in [2.24, 2.45) is 5.41 Å². The molecule has 7 aromatic rings. The molecule has 4 amide bonds. The van der Waals surface area contributed by atoms with Gasteiger partial charge in [0, 0.05) is 122 Å². The zero-order chi connectivity index (χ0) is 54.1. The van der Waals surface area contributed by atoms with Crippen LogP contribution in [0.3, 0.4) is 0 Å². The van der Waals surface area contributed by atoms with E-state index >= 15 is 8.78 Å². The number of methoxy groups -OCH3 is 2.